The quantitative estimate of drug-likeness (QED) is 0.703. The molecule has 2 N–H and O–H groups in total. The Morgan fingerprint density at radius 2 is 1.83 bits per heavy atom. The molecule has 0 unspecified atom stereocenters. The van der Waals surface area contributed by atoms with Crippen LogP contribution in [0.5, 0.6) is 0 Å². The van der Waals surface area contributed by atoms with Crippen molar-refractivity contribution in [2.75, 3.05) is 5.32 Å². The first-order chi connectivity index (χ1) is 8.83. The van der Waals surface area contributed by atoms with Crippen LogP contribution in [0, 0.1) is 0 Å². The molecule has 3 aromatic rings. The maximum atomic E-state index is 12.0. The molecule has 18 heavy (non-hydrogen) atoms. The molecule has 0 aliphatic carbocycles. The first kappa shape index (κ1) is 10.6. The van der Waals surface area contributed by atoms with Gasteiger partial charge in [0.25, 0.3) is 5.91 Å². The van der Waals surface area contributed by atoms with Gasteiger partial charge in [-0.2, -0.15) is 0 Å². The number of hydrogen-bond donors (Lipinski definition) is 2. The Morgan fingerprint density at radius 1 is 1.00 bits per heavy atom. The Labute approximate surface area is 104 Å². The van der Waals surface area contributed by atoms with Gasteiger partial charge in [-0.25, -0.2) is 0 Å². The van der Waals surface area contributed by atoms with Gasteiger partial charge in [0, 0.05) is 23.0 Å². The Bertz CT molecular complexity index is 686. The third kappa shape index (κ3) is 1.98. The molecule has 0 fully saturated rings. The van der Waals surface area contributed by atoms with Crippen molar-refractivity contribution >= 4 is 22.5 Å². The number of rotatable bonds is 2. The van der Waals surface area contributed by atoms with Crippen molar-refractivity contribution in [2.24, 2.45) is 0 Å². The summed E-state index contributed by atoms with van der Waals surface area (Å²) < 4.78 is 0. The Balaban J connectivity index is 1.86. The van der Waals surface area contributed by atoms with Crippen molar-refractivity contribution in [1.29, 1.82) is 0 Å². The Hall–Kier alpha value is -2.55. The Morgan fingerprint density at radius 3 is 2.67 bits per heavy atom. The number of aromatic amines is 1. The SMILES string of the molecule is O=C(Nc1ccc2cc[nH]c2c1)c1ccccc1. The van der Waals surface area contributed by atoms with Gasteiger partial charge in [-0.15, -0.1) is 0 Å². The number of fused-ring (bicyclic) bond motifs is 1. The van der Waals surface area contributed by atoms with E-state index in [9.17, 15) is 4.79 Å². The van der Waals surface area contributed by atoms with Gasteiger partial charge < -0.3 is 10.3 Å². The first-order valence-electron chi connectivity index (χ1n) is 5.76. The Kier molecular flexibility index (Phi) is 2.57. The first-order valence-corrected chi connectivity index (χ1v) is 5.76. The maximum Gasteiger partial charge on any atom is 0.255 e. The number of amides is 1. The van der Waals surface area contributed by atoms with Crippen LogP contribution in [-0.4, -0.2) is 10.9 Å². The van der Waals surface area contributed by atoms with Gasteiger partial charge >= 0.3 is 0 Å². The highest BCUT2D eigenvalue weighted by atomic mass is 16.1. The normalized spacial score (nSPS) is 10.4. The molecule has 0 saturated heterocycles. The summed E-state index contributed by atoms with van der Waals surface area (Å²) in [6, 6.07) is 17.0. The van der Waals surface area contributed by atoms with E-state index in [1.165, 1.54) is 0 Å². The van der Waals surface area contributed by atoms with Crippen LogP contribution in [0.3, 0.4) is 0 Å². The maximum absolute atomic E-state index is 12.0. The van der Waals surface area contributed by atoms with Crippen molar-refractivity contribution in [2.45, 2.75) is 0 Å². The van der Waals surface area contributed by atoms with E-state index in [0.717, 1.165) is 16.6 Å². The van der Waals surface area contributed by atoms with Crippen LogP contribution in [0.15, 0.2) is 60.8 Å². The van der Waals surface area contributed by atoms with Gasteiger partial charge in [-0.05, 0) is 35.7 Å². The zero-order chi connectivity index (χ0) is 12.4. The molecule has 3 nitrogen and oxygen atoms in total. The fourth-order valence-electron chi connectivity index (χ4n) is 1.92. The number of H-pyrrole nitrogens is 1. The van der Waals surface area contributed by atoms with E-state index < -0.39 is 0 Å². The number of benzene rings is 2. The molecule has 3 heteroatoms. The van der Waals surface area contributed by atoms with Gasteiger partial charge in [0.15, 0.2) is 0 Å². The van der Waals surface area contributed by atoms with Crippen LogP contribution >= 0.6 is 0 Å². The minimum Gasteiger partial charge on any atom is -0.361 e. The molecule has 2 aromatic carbocycles. The summed E-state index contributed by atoms with van der Waals surface area (Å²) in [6.45, 7) is 0. The molecule has 0 atom stereocenters. The summed E-state index contributed by atoms with van der Waals surface area (Å²) in [5.74, 6) is -0.0958. The molecule has 0 aliphatic rings. The van der Waals surface area contributed by atoms with E-state index in [0.29, 0.717) is 5.56 Å². The second-order valence-electron chi connectivity index (χ2n) is 4.10. The van der Waals surface area contributed by atoms with Crippen LogP contribution in [0.2, 0.25) is 0 Å². The second kappa shape index (κ2) is 4.37. The molecule has 0 bridgehead atoms. The number of nitrogens with one attached hydrogen (secondary N) is 2. The van der Waals surface area contributed by atoms with E-state index in [4.69, 9.17) is 0 Å². The molecule has 1 amide bonds. The summed E-state index contributed by atoms with van der Waals surface area (Å²) in [5, 5.41) is 4.01. The summed E-state index contributed by atoms with van der Waals surface area (Å²) in [5.41, 5.74) is 2.46. The monoisotopic (exact) mass is 236 g/mol. The number of hydrogen-bond acceptors (Lipinski definition) is 1. The molecule has 0 aliphatic heterocycles. The molecule has 0 saturated carbocycles. The smallest absolute Gasteiger partial charge is 0.255 e. The fraction of sp³-hybridized carbons (Fsp3) is 0. The van der Waals surface area contributed by atoms with E-state index in [1.54, 1.807) is 12.1 Å². The lowest BCUT2D eigenvalue weighted by molar-refractivity contribution is 0.102. The third-order valence-corrected chi connectivity index (χ3v) is 2.85. The van der Waals surface area contributed by atoms with Crippen molar-refractivity contribution < 1.29 is 4.79 Å². The lowest BCUT2D eigenvalue weighted by Crippen LogP contribution is -2.11. The van der Waals surface area contributed by atoms with Crippen LogP contribution in [-0.2, 0) is 0 Å². The lowest BCUT2D eigenvalue weighted by atomic mass is 10.2. The van der Waals surface area contributed by atoms with Crippen molar-refractivity contribution in [3.05, 3.63) is 66.4 Å². The summed E-state index contributed by atoms with van der Waals surface area (Å²) in [6.07, 6.45) is 1.88. The molecule has 0 spiro atoms. The largest absolute Gasteiger partial charge is 0.361 e. The molecular formula is C15H12N2O. The number of aromatic nitrogens is 1. The summed E-state index contributed by atoms with van der Waals surface area (Å²) in [4.78, 5) is 15.1. The molecule has 1 heterocycles. The molecule has 3 rings (SSSR count). The number of carbonyl (C=O) groups excluding carboxylic acids is 1. The van der Waals surface area contributed by atoms with Crippen molar-refractivity contribution in [3.63, 3.8) is 0 Å². The second-order valence-corrected chi connectivity index (χ2v) is 4.10. The highest BCUT2D eigenvalue weighted by Gasteiger charge is 2.05. The lowest BCUT2D eigenvalue weighted by Gasteiger charge is -2.05. The average molecular weight is 236 g/mol. The summed E-state index contributed by atoms with van der Waals surface area (Å²) in [7, 11) is 0. The average Bonchev–Trinajstić information content (AvgIpc) is 2.87. The highest BCUT2D eigenvalue weighted by molar-refractivity contribution is 6.05. The van der Waals surface area contributed by atoms with Gasteiger partial charge in [0.05, 0.1) is 0 Å². The number of carbonyl (C=O) groups is 1. The fourth-order valence-corrected chi connectivity index (χ4v) is 1.92. The van der Waals surface area contributed by atoms with Crippen LogP contribution in [0.25, 0.3) is 10.9 Å². The van der Waals surface area contributed by atoms with E-state index >= 15 is 0 Å². The van der Waals surface area contributed by atoms with Crippen LogP contribution in [0.4, 0.5) is 5.69 Å². The zero-order valence-electron chi connectivity index (χ0n) is 9.68. The topological polar surface area (TPSA) is 44.9 Å². The molecule has 0 radical (unpaired) electrons. The predicted octanol–water partition coefficient (Wildman–Crippen LogP) is 3.42. The number of anilines is 1. The van der Waals surface area contributed by atoms with Crippen molar-refractivity contribution in [3.8, 4) is 0 Å². The van der Waals surface area contributed by atoms with Crippen molar-refractivity contribution in [1.82, 2.24) is 4.98 Å². The molecule has 1 aromatic heterocycles. The van der Waals surface area contributed by atoms with Gasteiger partial charge in [0.2, 0.25) is 0 Å². The van der Waals surface area contributed by atoms with E-state index in [1.807, 2.05) is 48.7 Å². The standard InChI is InChI=1S/C15H12N2O/c18-15(12-4-2-1-3-5-12)17-13-7-6-11-8-9-16-14(11)10-13/h1-10,16H,(H,17,18). The third-order valence-electron chi connectivity index (χ3n) is 2.85. The minimum atomic E-state index is -0.0958. The highest BCUT2D eigenvalue weighted by Crippen LogP contribution is 2.18. The van der Waals surface area contributed by atoms with Gasteiger partial charge in [0.1, 0.15) is 0 Å². The summed E-state index contributed by atoms with van der Waals surface area (Å²) >= 11 is 0. The van der Waals surface area contributed by atoms with Gasteiger partial charge in [-0.1, -0.05) is 24.3 Å². The molecular weight excluding hydrogens is 224 g/mol. The van der Waals surface area contributed by atoms with E-state index in [-0.39, 0.29) is 5.91 Å². The molecule has 88 valence electrons. The van der Waals surface area contributed by atoms with Crippen LogP contribution in [0.1, 0.15) is 10.4 Å². The van der Waals surface area contributed by atoms with E-state index in [2.05, 4.69) is 10.3 Å². The van der Waals surface area contributed by atoms with Gasteiger partial charge in [-0.3, -0.25) is 4.79 Å². The van der Waals surface area contributed by atoms with Crippen LogP contribution < -0.4 is 5.32 Å². The zero-order valence-corrected chi connectivity index (χ0v) is 9.68. The minimum absolute atomic E-state index is 0.0958. The predicted molar refractivity (Wildman–Crippen MR) is 72.7 cm³/mol.